The van der Waals surface area contributed by atoms with Crippen LogP contribution in [0.1, 0.15) is 32.6 Å². The van der Waals surface area contributed by atoms with Gasteiger partial charge in [0.15, 0.2) is 0 Å². The molecule has 1 atom stereocenters. The van der Waals surface area contributed by atoms with Gasteiger partial charge in [0, 0.05) is 0 Å². The molecule has 3 nitrogen and oxygen atoms in total. The summed E-state index contributed by atoms with van der Waals surface area (Å²) < 4.78 is 13.5. The van der Waals surface area contributed by atoms with E-state index in [1.807, 2.05) is 0 Å². The van der Waals surface area contributed by atoms with E-state index in [0.29, 0.717) is 0 Å². The van der Waals surface area contributed by atoms with Crippen LogP contribution in [0.5, 0.6) is 0 Å². The van der Waals surface area contributed by atoms with Crippen molar-refractivity contribution in [3.63, 3.8) is 0 Å². The van der Waals surface area contributed by atoms with Crippen LogP contribution >= 0.6 is 0 Å². The summed E-state index contributed by atoms with van der Waals surface area (Å²) in [4.78, 5) is 12.3. The number of hydrogen-bond donors (Lipinski definition) is 2. The number of anilines is 1. The molecule has 2 rings (SSSR count). The highest BCUT2D eigenvalue weighted by Gasteiger charge is 2.40. The van der Waals surface area contributed by atoms with E-state index in [1.165, 1.54) is 6.07 Å². The molecule has 0 aromatic heterocycles. The van der Waals surface area contributed by atoms with Crippen LogP contribution in [0.25, 0.3) is 0 Å². The zero-order valence-electron chi connectivity index (χ0n) is 10.6. The lowest BCUT2D eigenvalue weighted by atomic mass is 9.91. The molecule has 1 saturated heterocycles. The van der Waals surface area contributed by atoms with E-state index in [2.05, 4.69) is 17.6 Å². The number of nitrogens with one attached hydrogen (secondary N) is 2. The van der Waals surface area contributed by atoms with Gasteiger partial charge < -0.3 is 10.6 Å². The minimum Gasteiger partial charge on any atom is -0.322 e. The lowest BCUT2D eigenvalue weighted by Crippen LogP contribution is -2.50. The largest absolute Gasteiger partial charge is 0.322 e. The van der Waals surface area contributed by atoms with Crippen molar-refractivity contribution < 1.29 is 9.18 Å². The van der Waals surface area contributed by atoms with Gasteiger partial charge in [-0.25, -0.2) is 4.39 Å². The Morgan fingerprint density at radius 2 is 2.28 bits per heavy atom. The smallest absolute Gasteiger partial charge is 0.244 e. The van der Waals surface area contributed by atoms with Crippen LogP contribution in [-0.4, -0.2) is 18.0 Å². The van der Waals surface area contributed by atoms with E-state index in [-0.39, 0.29) is 11.6 Å². The average Bonchev–Trinajstić information content (AvgIpc) is 2.82. The normalized spacial score (nSPS) is 23.0. The van der Waals surface area contributed by atoms with Gasteiger partial charge in [0.1, 0.15) is 5.82 Å². The molecule has 18 heavy (non-hydrogen) atoms. The number of benzene rings is 1. The fourth-order valence-corrected chi connectivity index (χ4v) is 2.56. The summed E-state index contributed by atoms with van der Waals surface area (Å²) in [5, 5.41) is 5.98. The highest BCUT2D eigenvalue weighted by atomic mass is 19.1. The zero-order chi connectivity index (χ0) is 13.0. The first kappa shape index (κ1) is 13.0. The molecule has 0 spiro atoms. The van der Waals surface area contributed by atoms with Gasteiger partial charge in [-0.3, -0.25) is 4.79 Å². The molecule has 1 unspecified atom stereocenters. The minimum atomic E-state index is -0.517. The van der Waals surface area contributed by atoms with Crippen LogP contribution in [-0.2, 0) is 4.79 Å². The summed E-state index contributed by atoms with van der Waals surface area (Å²) in [7, 11) is 0. The number of carbonyl (C=O) groups is 1. The molecular weight excluding hydrogens is 231 g/mol. The second-order valence-electron chi connectivity index (χ2n) is 4.80. The van der Waals surface area contributed by atoms with Crippen LogP contribution in [0.3, 0.4) is 0 Å². The molecule has 1 heterocycles. The Bertz CT molecular complexity index is 428. The van der Waals surface area contributed by atoms with Crippen LogP contribution in [0.2, 0.25) is 0 Å². The first-order valence-corrected chi connectivity index (χ1v) is 6.49. The number of amides is 1. The van der Waals surface area contributed by atoms with Gasteiger partial charge in [0.05, 0.1) is 11.2 Å². The summed E-state index contributed by atoms with van der Waals surface area (Å²) in [6.45, 7) is 2.91. The predicted molar refractivity (Wildman–Crippen MR) is 69.9 cm³/mol. The van der Waals surface area contributed by atoms with Crippen molar-refractivity contribution in [3.8, 4) is 0 Å². The maximum Gasteiger partial charge on any atom is 0.244 e. The Morgan fingerprint density at radius 3 is 2.89 bits per heavy atom. The molecule has 98 valence electrons. The molecule has 1 aromatic carbocycles. The van der Waals surface area contributed by atoms with Gasteiger partial charge >= 0.3 is 0 Å². The Balaban J connectivity index is 2.13. The van der Waals surface area contributed by atoms with Crippen molar-refractivity contribution in [2.45, 2.75) is 38.1 Å². The predicted octanol–water partition coefficient (Wildman–Crippen LogP) is 2.69. The molecule has 0 aliphatic carbocycles. The molecule has 2 N–H and O–H groups in total. The number of rotatable bonds is 4. The Hall–Kier alpha value is -1.42. The third-order valence-corrected chi connectivity index (χ3v) is 3.48. The van der Waals surface area contributed by atoms with Crippen molar-refractivity contribution in [2.75, 3.05) is 11.9 Å². The van der Waals surface area contributed by atoms with Gasteiger partial charge in [-0.05, 0) is 37.9 Å². The van der Waals surface area contributed by atoms with Crippen molar-refractivity contribution >= 4 is 11.6 Å². The van der Waals surface area contributed by atoms with Gasteiger partial charge in [-0.1, -0.05) is 25.5 Å². The van der Waals surface area contributed by atoms with Crippen molar-refractivity contribution in [1.82, 2.24) is 5.32 Å². The highest BCUT2D eigenvalue weighted by Crippen LogP contribution is 2.27. The van der Waals surface area contributed by atoms with Gasteiger partial charge in [-0.2, -0.15) is 0 Å². The third kappa shape index (κ3) is 2.53. The van der Waals surface area contributed by atoms with Crippen molar-refractivity contribution in [1.29, 1.82) is 0 Å². The van der Waals surface area contributed by atoms with Gasteiger partial charge in [-0.15, -0.1) is 0 Å². The van der Waals surface area contributed by atoms with E-state index in [9.17, 15) is 9.18 Å². The standard InChI is InChI=1S/C14H19FN2O/c1-2-8-14(9-5-10-16-14)13(18)17-12-7-4-3-6-11(12)15/h3-4,6-7,16H,2,5,8-10H2,1H3,(H,17,18). The summed E-state index contributed by atoms with van der Waals surface area (Å²) >= 11 is 0. The maximum absolute atomic E-state index is 13.5. The fraction of sp³-hybridized carbons (Fsp3) is 0.500. The molecule has 1 aliphatic rings. The molecule has 1 amide bonds. The summed E-state index contributed by atoms with van der Waals surface area (Å²) in [6, 6.07) is 6.26. The average molecular weight is 250 g/mol. The zero-order valence-corrected chi connectivity index (χ0v) is 10.6. The molecular formula is C14H19FN2O. The molecule has 0 saturated carbocycles. The monoisotopic (exact) mass is 250 g/mol. The summed E-state index contributed by atoms with van der Waals surface area (Å²) in [6.07, 6.45) is 3.52. The summed E-state index contributed by atoms with van der Waals surface area (Å²) in [5.41, 5.74) is -0.261. The molecule has 1 aromatic rings. The second-order valence-corrected chi connectivity index (χ2v) is 4.80. The lowest BCUT2D eigenvalue weighted by molar-refractivity contribution is -0.122. The quantitative estimate of drug-likeness (QED) is 0.862. The number of para-hydroxylation sites is 1. The van der Waals surface area contributed by atoms with E-state index in [4.69, 9.17) is 0 Å². The Kier molecular flexibility index (Phi) is 3.97. The van der Waals surface area contributed by atoms with Crippen LogP contribution in [0.15, 0.2) is 24.3 Å². The molecule has 4 heteroatoms. The van der Waals surface area contributed by atoms with Gasteiger partial charge in [0.25, 0.3) is 0 Å². The van der Waals surface area contributed by atoms with E-state index >= 15 is 0 Å². The third-order valence-electron chi connectivity index (χ3n) is 3.48. The number of hydrogen-bond acceptors (Lipinski definition) is 2. The number of carbonyl (C=O) groups excluding carboxylic acids is 1. The first-order valence-electron chi connectivity index (χ1n) is 6.49. The van der Waals surface area contributed by atoms with Crippen molar-refractivity contribution in [3.05, 3.63) is 30.1 Å². The van der Waals surface area contributed by atoms with Crippen LogP contribution in [0, 0.1) is 5.82 Å². The molecule has 0 bridgehead atoms. The molecule has 1 aliphatic heterocycles. The number of halogens is 1. The fourth-order valence-electron chi connectivity index (χ4n) is 2.56. The van der Waals surface area contributed by atoms with Crippen molar-refractivity contribution in [2.24, 2.45) is 0 Å². The SMILES string of the molecule is CCCC1(C(=O)Nc2ccccc2F)CCCN1. The van der Waals surface area contributed by atoms with E-state index < -0.39 is 11.4 Å². The maximum atomic E-state index is 13.5. The van der Waals surface area contributed by atoms with Crippen LogP contribution in [0.4, 0.5) is 10.1 Å². The van der Waals surface area contributed by atoms with Gasteiger partial charge in [0.2, 0.25) is 5.91 Å². The van der Waals surface area contributed by atoms with Crippen LogP contribution < -0.4 is 10.6 Å². The topological polar surface area (TPSA) is 41.1 Å². The lowest BCUT2D eigenvalue weighted by Gasteiger charge is -2.27. The minimum absolute atomic E-state index is 0.119. The van der Waals surface area contributed by atoms with E-state index in [1.54, 1.807) is 18.2 Å². The van der Waals surface area contributed by atoms with E-state index in [0.717, 1.165) is 32.2 Å². The Morgan fingerprint density at radius 1 is 1.50 bits per heavy atom. The molecule has 0 radical (unpaired) electrons. The second kappa shape index (κ2) is 5.48. The first-order chi connectivity index (χ1) is 8.68. The summed E-state index contributed by atoms with van der Waals surface area (Å²) in [5.74, 6) is -0.512. The Labute approximate surface area is 107 Å². The molecule has 1 fully saturated rings. The highest BCUT2D eigenvalue weighted by molar-refractivity contribution is 5.98.